The minimum Gasteiger partial charge on any atom is -0.463 e. The first-order valence-electron chi connectivity index (χ1n) is 10.1. The average molecular weight is 362 g/mol. The van der Waals surface area contributed by atoms with E-state index in [1.807, 2.05) is 0 Å². The lowest BCUT2D eigenvalue weighted by Gasteiger charge is -2.38. The fourth-order valence-electron chi connectivity index (χ4n) is 2.86. The van der Waals surface area contributed by atoms with Crippen LogP contribution in [-0.2, 0) is 14.3 Å². The zero-order valence-corrected chi connectivity index (χ0v) is 15.0. The Morgan fingerprint density at radius 3 is 2.28 bits per heavy atom. The second kappa shape index (κ2) is 12.6. The third-order valence-electron chi connectivity index (χ3n) is 4.56. The van der Waals surface area contributed by atoms with Crippen LogP contribution in [0.4, 0.5) is 0 Å². The first-order valence-corrected chi connectivity index (χ1v) is 9.37. The van der Waals surface area contributed by atoms with Crippen molar-refractivity contribution in [3.8, 4) is 0 Å². The summed E-state index contributed by atoms with van der Waals surface area (Å²) in [6.45, 7) is 0.301. The number of carbonyl (C=O) groups excluding carboxylic acids is 1. The summed E-state index contributed by atoms with van der Waals surface area (Å²) in [5, 5.41) is 29.1. The van der Waals surface area contributed by atoms with Gasteiger partial charge in [0.05, 0.1) is 6.04 Å². The SMILES string of the molecule is [2H]CCCCCCCCCCCC(=O)OC[C@H]1OC(O)[C@H](N)[C@@H](O)[C@@H]1O. The van der Waals surface area contributed by atoms with E-state index in [1.54, 1.807) is 0 Å². The molecule has 1 aliphatic rings. The molecule has 0 aromatic carbocycles. The van der Waals surface area contributed by atoms with Gasteiger partial charge in [-0.25, -0.2) is 0 Å². The number of carbonyl (C=O) groups is 1. The molecule has 25 heavy (non-hydrogen) atoms. The van der Waals surface area contributed by atoms with Gasteiger partial charge in [0.1, 0.15) is 24.9 Å². The molecule has 1 saturated heterocycles. The van der Waals surface area contributed by atoms with E-state index in [0.29, 0.717) is 13.3 Å². The van der Waals surface area contributed by atoms with Gasteiger partial charge in [-0.3, -0.25) is 4.79 Å². The second-order valence-electron chi connectivity index (χ2n) is 6.74. The predicted octanol–water partition coefficient (Wildman–Crippen LogP) is 1.22. The molecule has 1 fully saturated rings. The number of aliphatic hydroxyl groups is 3. The number of rotatable bonds is 12. The minimum absolute atomic E-state index is 0.223. The predicted molar refractivity (Wildman–Crippen MR) is 93.7 cm³/mol. The van der Waals surface area contributed by atoms with Gasteiger partial charge < -0.3 is 30.5 Å². The summed E-state index contributed by atoms with van der Waals surface area (Å²) in [5.41, 5.74) is 5.48. The van der Waals surface area contributed by atoms with Gasteiger partial charge in [0.2, 0.25) is 0 Å². The van der Waals surface area contributed by atoms with Crippen LogP contribution in [0.1, 0.15) is 72.5 Å². The Bertz CT molecular complexity index is 387. The molecule has 1 heterocycles. The van der Waals surface area contributed by atoms with Crippen LogP contribution < -0.4 is 5.73 Å². The van der Waals surface area contributed by atoms with Crippen LogP contribution in [0.15, 0.2) is 0 Å². The van der Waals surface area contributed by atoms with E-state index in [2.05, 4.69) is 0 Å². The van der Waals surface area contributed by atoms with Crippen LogP contribution in [0.25, 0.3) is 0 Å². The molecular formula is C18H35NO6. The molecule has 1 rings (SSSR count). The maximum Gasteiger partial charge on any atom is 0.305 e. The summed E-state index contributed by atoms with van der Waals surface area (Å²) in [7, 11) is 0. The van der Waals surface area contributed by atoms with Crippen molar-refractivity contribution in [2.45, 2.75) is 102 Å². The van der Waals surface area contributed by atoms with Crippen molar-refractivity contribution >= 4 is 5.97 Å². The van der Waals surface area contributed by atoms with Crippen LogP contribution in [-0.4, -0.2) is 58.5 Å². The van der Waals surface area contributed by atoms with Gasteiger partial charge in [0, 0.05) is 7.79 Å². The fraction of sp³-hybridized carbons (Fsp3) is 0.944. The van der Waals surface area contributed by atoms with Crippen molar-refractivity contribution in [3.05, 3.63) is 0 Å². The normalized spacial score (nSPS) is 30.1. The van der Waals surface area contributed by atoms with Gasteiger partial charge in [-0.1, -0.05) is 58.3 Å². The molecule has 5 N–H and O–H groups in total. The number of hydrogen-bond acceptors (Lipinski definition) is 7. The molecule has 0 spiro atoms. The molecule has 0 amide bonds. The molecular weight excluding hydrogens is 326 g/mol. The summed E-state index contributed by atoms with van der Waals surface area (Å²) in [4.78, 5) is 11.7. The monoisotopic (exact) mass is 362 g/mol. The van der Waals surface area contributed by atoms with Gasteiger partial charge in [-0.15, -0.1) is 0 Å². The van der Waals surface area contributed by atoms with E-state index >= 15 is 0 Å². The van der Waals surface area contributed by atoms with Gasteiger partial charge in [0.15, 0.2) is 6.29 Å². The van der Waals surface area contributed by atoms with E-state index < -0.39 is 30.6 Å². The first-order chi connectivity index (χ1) is 12.5. The highest BCUT2D eigenvalue weighted by Crippen LogP contribution is 2.19. The third kappa shape index (κ3) is 8.46. The highest BCUT2D eigenvalue weighted by atomic mass is 16.6. The van der Waals surface area contributed by atoms with Gasteiger partial charge in [-0.2, -0.15) is 0 Å². The standard InChI is InChI=1S/C18H35NO6/c1-2-3-4-5-6-7-8-9-10-11-14(20)24-12-13-16(21)17(22)15(19)18(23)25-13/h13,15-18,21-23H,2-12,19H2,1H3/t13-,15-,16-,17-,18?/m1/s1/i1D. The lowest BCUT2D eigenvalue weighted by Crippen LogP contribution is -2.62. The quantitative estimate of drug-likeness (QED) is 0.304. The van der Waals surface area contributed by atoms with Crippen molar-refractivity contribution in [1.82, 2.24) is 0 Å². The smallest absolute Gasteiger partial charge is 0.305 e. The summed E-state index contributed by atoms with van der Waals surface area (Å²) < 4.78 is 17.2. The summed E-state index contributed by atoms with van der Waals surface area (Å²) in [6, 6.07) is -1.09. The van der Waals surface area contributed by atoms with Crippen molar-refractivity contribution in [1.29, 1.82) is 0 Å². The molecule has 0 aromatic rings. The molecule has 0 saturated carbocycles. The Balaban J connectivity index is 2.02. The molecule has 7 heteroatoms. The molecule has 0 bridgehead atoms. The van der Waals surface area contributed by atoms with Crippen LogP contribution in [0.5, 0.6) is 0 Å². The highest BCUT2D eigenvalue weighted by molar-refractivity contribution is 5.69. The zero-order valence-electron chi connectivity index (χ0n) is 16.0. The van der Waals surface area contributed by atoms with E-state index in [-0.39, 0.29) is 12.6 Å². The molecule has 1 unspecified atom stereocenters. The molecule has 0 aliphatic carbocycles. The number of hydrogen-bond donors (Lipinski definition) is 4. The molecule has 0 radical (unpaired) electrons. The molecule has 1 aliphatic heterocycles. The summed E-state index contributed by atoms with van der Waals surface area (Å²) in [5.74, 6) is -0.380. The fourth-order valence-corrected chi connectivity index (χ4v) is 2.86. The van der Waals surface area contributed by atoms with Gasteiger partial charge >= 0.3 is 5.97 Å². The Morgan fingerprint density at radius 2 is 1.64 bits per heavy atom. The largest absolute Gasteiger partial charge is 0.463 e. The van der Waals surface area contributed by atoms with E-state index in [9.17, 15) is 20.1 Å². The highest BCUT2D eigenvalue weighted by Gasteiger charge is 2.42. The van der Waals surface area contributed by atoms with Crippen LogP contribution in [0.2, 0.25) is 0 Å². The topological polar surface area (TPSA) is 122 Å². The van der Waals surface area contributed by atoms with E-state index in [0.717, 1.165) is 38.5 Å². The molecule has 148 valence electrons. The Labute approximate surface area is 151 Å². The second-order valence-corrected chi connectivity index (χ2v) is 6.74. The lowest BCUT2D eigenvalue weighted by atomic mass is 9.98. The third-order valence-corrected chi connectivity index (χ3v) is 4.56. The van der Waals surface area contributed by atoms with Crippen LogP contribution in [0.3, 0.4) is 0 Å². The van der Waals surface area contributed by atoms with Gasteiger partial charge in [0.25, 0.3) is 0 Å². The van der Waals surface area contributed by atoms with Crippen molar-refractivity contribution in [2.75, 3.05) is 6.61 Å². The molecule has 7 nitrogen and oxygen atoms in total. The maximum absolute atomic E-state index is 11.7. The van der Waals surface area contributed by atoms with Crippen LogP contribution >= 0.6 is 0 Å². The Kier molecular flexibility index (Phi) is 10.4. The summed E-state index contributed by atoms with van der Waals surface area (Å²) in [6.07, 6.45) is 5.02. The molecule has 0 aromatic heterocycles. The number of nitrogens with two attached hydrogens (primary N) is 1. The number of aliphatic hydroxyl groups excluding tert-OH is 3. The van der Waals surface area contributed by atoms with E-state index in [4.69, 9.17) is 16.6 Å². The van der Waals surface area contributed by atoms with Crippen LogP contribution in [0, 0.1) is 0 Å². The first kappa shape index (κ1) is 20.6. The van der Waals surface area contributed by atoms with Crippen molar-refractivity contribution < 1.29 is 31.0 Å². The lowest BCUT2D eigenvalue weighted by molar-refractivity contribution is -0.251. The number of unbranched alkanes of at least 4 members (excludes halogenated alkanes) is 8. The number of esters is 1. The maximum atomic E-state index is 11.7. The summed E-state index contributed by atoms with van der Waals surface area (Å²) >= 11 is 0. The number of ether oxygens (including phenoxy) is 2. The van der Waals surface area contributed by atoms with Crippen molar-refractivity contribution in [3.63, 3.8) is 0 Å². The van der Waals surface area contributed by atoms with Gasteiger partial charge in [-0.05, 0) is 6.42 Å². The molecule has 5 atom stereocenters. The van der Waals surface area contributed by atoms with Crippen molar-refractivity contribution in [2.24, 2.45) is 5.73 Å². The average Bonchev–Trinajstić information content (AvgIpc) is 2.63. The Hall–Kier alpha value is -0.730. The Morgan fingerprint density at radius 1 is 1.04 bits per heavy atom. The minimum atomic E-state index is -1.40. The van der Waals surface area contributed by atoms with E-state index in [1.165, 1.54) is 19.3 Å². The zero-order chi connectivity index (χ0) is 19.4.